The van der Waals surface area contributed by atoms with Gasteiger partial charge in [0.15, 0.2) is 5.82 Å². The van der Waals surface area contributed by atoms with Crippen LogP contribution in [0.1, 0.15) is 38.2 Å². The van der Waals surface area contributed by atoms with Crippen molar-refractivity contribution in [1.29, 1.82) is 0 Å². The Labute approximate surface area is 112 Å². The smallest absolute Gasteiger partial charge is 0.182 e. The molecule has 0 spiro atoms. The second-order valence-corrected chi connectivity index (χ2v) is 5.42. The van der Waals surface area contributed by atoms with Gasteiger partial charge in [0.05, 0.1) is 5.54 Å². The van der Waals surface area contributed by atoms with Crippen LogP contribution in [0.25, 0.3) is 11.4 Å². The maximum atomic E-state index is 5.81. The van der Waals surface area contributed by atoms with Crippen molar-refractivity contribution in [3.8, 4) is 11.4 Å². The second-order valence-electron chi connectivity index (χ2n) is 5.42. The zero-order valence-electron chi connectivity index (χ0n) is 11.4. The lowest BCUT2D eigenvalue weighted by Crippen LogP contribution is -2.41. The molecule has 0 atom stereocenters. The summed E-state index contributed by atoms with van der Waals surface area (Å²) in [7, 11) is 0. The Morgan fingerprint density at radius 2 is 2.16 bits per heavy atom. The summed E-state index contributed by atoms with van der Waals surface area (Å²) < 4.78 is 2.02. The van der Waals surface area contributed by atoms with Gasteiger partial charge in [0.1, 0.15) is 0 Å². The Morgan fingerprint density at radius 3 is 2.74 bits per heavy atom. The molecule has 1 aliphatic rings. The molecule has 2 N–H and O–H groups in total. The van der Waals surface area contributed by atoms with Crippen molar-refractivity contribution < 1.29 is 0 Å². The summed E-state index contributed by atoms with van der Waals surface area (Å²) in [5.41, 5.74) is 8.88. The number of nitrogens with zero attached hydrogens (tertiary/aromatic N) is 4. The van der Waals surface area contributed by atoms with E-state index in [1.54, 1.807) is 0 Å². The summed E-state index contributed by atoms with van der Waals surface area (Å²) in [6, 6.07) is 5.88. The van der Waals surface area contributed by atoms with Gasteiger partial charge in [-0.15, -0.1) is 5.10 Å². The molecule has 0 aliphatic heterocycles. The summed E-state index contributed by atoms with van der Waals surface area (Å²) >= 11 is 0. The molecule has 0 unspecified atom stereocenters. The first-order valence-corrected chi connectivity index (χ1v) is 6.82. The van der Waals surface area contributed by atoms with Gasteiger partial charge in [-0.25, -0.2) is 4.68 Å². The molecular formula is C14H19N5. The predicted octanol–water partition coefficient (Wildman–Crippen LogP) is 2.52. The number of anilines is 1. The predicted molar refractivity (Wildman–Crippen MR) is 74.5 cm³/mol. The van der Waals surface area contributed by atoms with E-state index in [9.17, 15) is 0 Å². The van der Waals surface area contributed by atoms with Crippen LogP contribution in [0, 0.1) is 6.92 Å². The van der Waals surface area contributed by atoms with Crippen LogP contribution >= 0.6 is 0 Å². The maximum Gasteiger partial charge on any atom is 0.182 e. The van der Waals surface area contributed by atoms with E-state index < -0.39 is 0 Å². The summed E-state index contributed by atoms with van der Waals surface area (Å²) in [5, 5.41) is 12.4. The van der Waals surface area contributed by atoms with Crippen LogP contribution in [0.5, 0.6) is 0 Å². The van der Waals surface area contributed by atoms with Crippen molar-refractivity contribution in [2.75, 3.05) is 5.73 Å². The number of tetrazole rings is 1. The topological polar surface area (TPSA) is 69.6 Å². The van der Waals surface area contributed by atoms with Crippen LogP contribution in [0.2, 0.25) is 0 Å². The fourth-order valence-electron chi connectivity index (χ4n) is 2.91. The quantitative estimate of drug-likeness (QED) is 0.858. The van der Waals surface area contributed by atoms with Crippen LogP contribution < -0.4 is 5.73 Å². The van der Waals surface area contributed by atoms with Gasteiger partial charge >= 0.3 is 0 Å². The van der Waals surface area contributed by atoms with Crippen LogP contribution in [0.4, 0.5) is 5.69 Å². The van der Waals surface area contributed by atoms with Gasteiger partial charge in [-0.3, -0.25) is 0 Å². The zero-order chi connectivity index (χ0) is 13.5. The Bertz CT molecular complexity index is 592. The van der Waals surface area contributed by atoms with E-state index in [0.29, 0.717) is 0 Å². The van der Waals surface area contributed by atoms with Gasteiger partial charge < -0.3 is 5.73 Å². The summed E-state index contributed by atoms with van der Waals surface area (Å²) in [4.78, 5) is 0. The average Bonchev–Trinajstić information content (AvgIpc) is 2.78. The normalized spacial score (nSPS) is 17.2. The highest BCUT2D eigenvalue weighted by molar-refractivity contribution is 5.63. The number of nitrogen functional groups attached to an aromatic ring is 1. The number of hydrogen-bond donors (Lipinski definition) is 1. The molecule has 1 fully saturated rings. The van der Waals surface area contributed by atoms with E-state index in [4.69, 9.17) is 5.73 Å². The van der Waals surface area contributed by atoms with Gasteiger partial charge in [-0.2, -0.15) is 0 Å². The molecule has 0 bridgehead atoms. The minimum atomic E-state index is 0.118. The molecule has 1 aromatic carbocycles. The largest absolute Gasteiger partial charge is 0.399 e. The van der Waals surface area contributed by atoms with Gasteiger partial charge in [0.25, 0.3) is 0 Å². The van der Waals surface area contributed by atoms with Crippen molar-refractivity contribution in [1.82, 2.24) is 20.2 Å². The first-order valence-electron chi connectivity index (χ1n) is 6.82. The van der Waals surface area contributed by atoms with Crippen LogP contribution in [-0.2, 0) is 5.54 Å². The van der Waals surface area contributed by atoms with Crippen molar-refractivity contribution >= 4 is 5.69 Å². The molecular weight excluding hydrogens is 238 g/mol. The molecule has 1 aromatic heterocycles. The first-order chi connectivity index (χ1) is 9.16. The molecule has 100 valence electrons. The van der Waals surface area contributed by atoms with Crippen molar-refractivity contribution in [3.05, 3.63) is 23.8 Å². The summed E-state index contributed by atoms with van der Waals surface area (Å²) in [5.74, 6) is 0.860. The van der Waals surface area contributed by atoms with Crippen LogP contribution in [-0.4, -0.2) is 20.2 Å². The van der Waals surface area contributed by atoms with E-state index in [1.807, 2.05) is 29.8 Å². The number of hydrogen-bond acceptors (Lipinski definition) is 4. The van der Waals surface area contributed by atoms with Gasteiger partial charge in [-0.1, -0.05) is 6.92 Å². The molecule has 19 heavy (non-hydrogen) atoms. The van der Waals surface area contributed by atoms with Crippen molar-refractivity contribution in [2.24, 2.45) is 0 Å². The Hall–Kier alpha value is -1.91. The number of aryl methyl sites for hydroxylation is 1. The summed E-state index contributed by atoms with van der Waals surface area (Å²) in [6.07, 6.45) is 4.65. The SMILES string of the molecule is CCC1(n2nnnc2-c2ccc(N)cc2C)CCC1. The molecule has 0 saturated heterocycles. The van der Waals surface area contributed by atoms with E-state index in [-0.39, 0.29) is 5.54 Å². The molecule has 2 aromatic rings. The fourth-order valence-corrected chi connectivity index (χ4v) is 2.91. The Kier molecular flexibility index (Phi) is 2.77. The lowest BCUT2D eigenvalue weighted by molar-refractivity contribution is 0.118. The van der Waals surface area contributed by atoms with Crippen molar-refractivity contribution in [2.45, 2.75) is 45.1 Å². The molecule has 1 heterocycles. The minimum Gasteiger partial charge on any atom is -0.399 e. The highest BCUT2D eigenvalue weighted by Crippen LogP contribution is 2.43. The Balaban J connectivity index is 2.09. The van der Waals surface area contributed by atoms with Gasteiger partial charge in [-0.05, 0) is 66.8 Å². The molecule has 0 amide bonds. The number of nitrogens with two attached hydrogens (primary N) is 1. The molecule has 5 heteroatoms. The van der Waals surface area contributed by atoms with E-state index in [2.05, 4.69) is 22.4 Å². The zero-order valence-corrected chi connectivity index (χ0v) is 11.4. The van der Waals surface area contributed by atoms with Gasteiger partial charge in [0, 0.05) is 11.3 Å². The number of aromatic nitrogens is 4. The number of benzene rings is 1. The lowest BCUT2D eigenvalue weighted by atomic mass is 9.75. The maximum absolute atomic E-state index is 5.81. The third-order valence-corrected chi connectivity index (χ3v) is 4.35. The second kappa shape index (κ2) is 4.33. The van der Waals surface area contributed by atoms with E-state index in [1.165, 1.54) is 6.42 Å². The third-order valence-electron chi connectivity index (χ3n) is 4.35. The standard InChI is InChI=1S/C14H19N5/c1-3-14(7-4-8-14)19-13(16-17-18-19)12-6-5-11(15)9-10(12)2/h5-6,9H,3-4,7-8,15H2,1-2H3. The monoisotopic (exact) mass is 257 g/mol. The highest BCUT2D eigenvalue weighted by atomic mass is 15.6. The summed E-state index contributed by atoms with van der Waals surface area (Å²) in [6.45, 7) is 4.25. The Morgan fingerprint density at radius 1 is 1.37 bits per heavy atom. The average molecular weight is 257 g/mol. The molecule has 1 aliphatic carbocycles. The van der Waals surface area contributed by atoms with E-state index in [0.717, 1.165) is 41.9 Å². The lowest BCUT2D eigenvalue weighted by Gasteiger charge is -2.41. The fraction of sp³-hybridized carbons (Fsp3) is 0.500. The van der Waals surface area contributed by atoms with Crippen molar-refractivity contribution in [3.63, 3.8) is 0 Å². The molecule has 3 rings (SSSR count). The molecule has 5 nitrogen and oxygen atoms in total. The number of rotatable bonds is 3. The molecule has 1 saturated carbocycles. The van der Waals surface area contributed by atoms with Crippen LogP contribution in [0.15, 0.2) is 18.2 Å². The van der Waals surface area contributed by atoms with Gasteiger partial charge in [0.2, 0.25) is 0 Å². The van der Waals surface area contributed by atoms with E-state index >= 15 is 0 Å². The minimum absolute atomic E-state index is 0.118. The highest BCUT2D eigenvalue weighted by Gasteiger charge is 2.40. The third kappa shape index (κ3) is 1.80. The first kappa shape index (κ1) is 12.1. The van der Waals surface area contributed by atoms with Crippen LogP contribution in [0.3, 0.4) is 0 Å². The molecule has 0 radical (unpaired) electrons.